The summed E-state index contributed by atoms with van der Waals surface area (Å²) in [6, 6.07) is 49.2. The van der Waals surface area contributed by atoms with Gasteiger partial charge in [0.2, 0.25) is 0 Å². The molecule has 9 rings (SSSR count). The van der Waals surface area contributed by atoms with E-state index < -0.39 is 0 Å². The van der Waals surface area contributed by atoms with E-state index in [2.05, 4.69) is 117 Å². The number of phenols is 4. The molecule has 1 aliphatic carbocycles. The van der Waals surface area contributed by atoms with Gasteiger partial charge in [0.05, 0.1) is 0 Å². The zero-order chi connectivity index (χ0) is 55.0. The highest BCUT2D eigenvalue weighted by Crippen LogP contribution is 2.41. The molecule has 404 valence electrons. The lowest BCUT2D eigenvalue weighted by molar-refractivity contribution is 0.300. The average molecular weight is 1050 g/mol. The SMILES string of the molecule is CN(C)Cc1cc2c(O)c(c1)Cc1cccc(c1OCc1ccccc1)Cc1cc(CN(C)C)cc(c1O)Cc1cc(CN(C)C)cc(c1O)Cc1cccc(c1OCc1ccccc1)Cc1cc(CN(C)C)cc(c1O)C2. The number of ether oxygens (including phenoxy) is 2. The van der Waals surface area contributed by atoms with Gasteiger partial charge in [-0.25, -0.2) is 0 Å². The molecule has 0 amide bonds. The third-order valence-electron chi connectivity index (χ3n) is 14.4. The van der Waals surface area contributed by atoms with Crippen molar-refractivity contribution in [2.24, 2.45) is 0 Å². The topological polar surface area (TPSA) is 112 Å². The van der Waals surface area contributed by atoms with Crippen molar-refractivity contribution in [3.05, 3.63) is 246 Å². The van der Waals surface area contributed by atoms with E-state index in [1.54, 1.807) is 0 Å². The van der Waals surface area contributed by atoms with Crippen molar-refractivity contribution in [3.63, 3.8) is 0 Å². The number of nitrogens with zero attached hydrogens (tertiary/aromatic N) is 4. The van der Waals surface area contributed by atoms with Crippen LogP contribution in [-0.2, 0) is 77.9 Å². The average Bonchev–Trinajstić information content (AvgIpc) is 3.41. The largest absolute Gasteiger partial charge is 0.507 e. The van der Waals surface area contributed by atoms with E-state index in [9.17, 15) is 20.4 Å². The Morgan fingerprint density at radius 1 is 0.282 bits per heavy atom. The highest BCUT2D eigenvalue weighted by molar-refractivity contribution is 5.58. The van der Waals surface area contributed by atoms with Crippen molar-refractivity contribution in [1.82, 2.24) is 19.6 Å². The van der Waals surface area contributed by atoms with Crippen molar-refractivity contribution in [1.29, 1.82) is 0 Å². The number of fused-ring (bicyclic) bond motifs is 12. The maximum atomic E-state index is 12.6. The molecule has 8 aromatic carbocycles. The van der Waals surface area contributed by atoms with Crippen molar-refractivity contribution in [3.8, 4) is 34.5 Å². The molecular formula is C68H76N4O6. The van der Waals surface area contributed by atoms with E-state index >= 15 is 0 Å². The first-order chi connectivity index (χ1) is 37.5. The fourth-order valence-corrected chi connectivity index (χ4v) is 11.1. The van der Waals surface area contributed by atoms with E-state index in [-0.39, 0.29) is 35.8 Å². The first kappa shape index (κ1) is 55.2. The van der Waals surface area contributed by atoms with Gasteiger partial charge in [-0.2, -0.15) is 0 Å². The third kappa shape index (κ3) is 13.7. The summed E-state index contributed by atoms with van der Waals surface area (Å²) in [5.74, 6) is 2.09. The molecule has 0 heterocycles. The summed E-state index contributed by atoms with van der Waals surface area (Å²) >= 11 is 0. The third-order valence-corrected chi connectivity index (χ3v) is 14.4. The predicted octanol–water partition coefficient (Wildman–Crippen LogP) is 11.8. The van der Waals surface area contributed by atoms with Gasteiger partial charge < -0.3 is 49.5 Å². The molecular weight excluding hydrogens is 969 g/mol. The van der Waals surface area contributed by atoms with Crippen LogP contribution in [0.1, 0.15) is 100 Å². The minimum Gasteiger partial charge on any atom is -0.507 e. The number of para-hydroxylation sites is 2. The standard InChI is InChI=1S/C68H76N4O6/c1-69(2)39-47-25-55-33-51-21-15-22-52(67(51)77-43-45-17-11-9-12-18-45)34-57-27-49(41-71(5)6)31-61(65(57)75)38-62-32-50(42-72(7)8)28-58(66(62)76)36-54-24-16-23-53(68(54)78-44-46-19-13-10-14-20-46)35-56-26-48(40-70(3)4)30-60(64(56)74)37-59(29-47)63(55)73/h9-32,73-76H,33-44H2,1-8H3. The van der Waals surface area contributed by atoms with Crippen LogP contribution >= 0.6 is 0 Å². The number of hydrogen-bond donors (Lipinski definition) is 4. The molecule has 10 heteroatoms. The highest BCUT2D eigenvalue weighted by Gasteiger charge is 2.24. The van der Waals surface area contributed by atoms with Gasteiger partial charge in [-0.3, -0.25) is 0 Å². The summed E-state index contributed by atoms with van der Waals surface area (Å²) in [5, 5.41) is 50.3. The van der Waals surface area contributed by atoms with E-state index in [0.29, 0.717) is 98.8 Å². The second-order valence-electron chi connectivity index (χ2n) is 22.4. The molecule has 0 aliphatic heterocycles. The normalized spacial score (nSPS) is 12.8. The second-order valence-corrected chi connectivity index (χ2v) is 22.4. The molecule has 0 aromatic heterocycles. The van der Waals surface area contributed by atoms with E-state index in [4.69, 9.17) is 9.47 Å². The summed E-state index contributed by atoms with van der Waals surface area (Å²) in [5.41, 5.74) is 15.6. The summed E-state index contributed by atoms with van der Waals surface area (Å²) < 4.78 is 13.8. The Bertz CT molecular complexity index is 2980. The van der Waals surface area contributed by atoms with Crippen LogP contribution < -0.4 is 9.47 Å². The molecule has 0 saturated heterocycles. The van der Waals surface area contributed by atoms with Gasteiger partial charge in [-0.05, 0) is 157 Å². The van der Waals surface area contributed by atoms with Gasteiger partial charge in [-0.15, -0.1) is 0 Å². The van der Waals surface area contributed by atoms with Crippen LogP contribution in [0.2, 0.25) is 0 Å². The van der Waals surface area contributed by atoms with Gasteiger partial charge in [0.15, 0.2) is 0 Å². The molecule has 78 heavy (non-hydrogen) atoms. The first-order valence-corrected chi connectivity index (χ1v) is 27.0. The lowest BCUT2D eigenvalue weighted by Gasteiger charge is -2.22. The van der Waals surface area contributed by atoms with Crippen molar-refractivity contribution >= 4 is 0 Å². The molecule has 0 fully saturated rings. The number of phenolic OH excluding ortho intramolecular Hbond substituents is 4. The Hall–Kier alpha value is -7.60. The van der Waals surface area contributed by atoms with E-state index in [1.165, 1.54) is 0 Å². The molecule has 12 bridgehead atoms. The molecule has 0 radical (unpaired) electrons. The Morgan fingerprint density at radius 3 is 0.718 bits per heavy atom. The van der Waals surface area contributed by atoms with Gasteiger partial charge in [0.25, 0.3) is 0 Å². The van der Waals surface area contributed by atoms with Crippen LogP contribution in [0, 0.1) is 0 Å². The molecule has 0 atom stereocenters. The number of benzene rings is 8. The second kappa shape index (κ2) is 24.8. The molecule has 8 aromatic rings. The minimum atomic E-state index is 0.175. The molecule has 10 nitrogen and oxygen atoms in total. The zero-order valence-electron chi connectivity index (χ0n) is 46.7. The fraction of sp³-hybridized carbons (Fsp3) is 0.294. The summed E-state index contributed by atoms with van der Waals surface area (Å²) in [6.45, 7) is 3.20. The summed E-state index contributed by atoms with van der Waals surface area (Å²) in [4.78, 5) is 8.49. The van der Waals surface area contributed by atoms with Crippen LogP contribution in [0.4, 0.5) is 0 Å². The maximum Gasteiger partial charge on any atom is 0.126 e. The lowest BCUT2D eigenvalue weighted by atomic mass is 9.89. The first-order valence-electron chi connectivity index (χ1n) is 27.0. The van der Waals surface area contributed by atoms with Gasteiger partial charge >= 0.3 is 0 Å². The van der Waals surface area contributed by atoms with Crippen LogP contribution in [0.25, 0.3) is 0 Å². The summed E-state index contributed by atoms with van der Waals surface area (Å²) in [7, 11) is 16.3. The van der Waals surface area contributed by atoms with Crippen LogP contribution in [0.15, 0.2) is 146 Å². The fourth-order valence-electron chi connectivity index (χ4n) is 11.1. The molecule has 0 unspecified atom stereocenters. The Kier molecular flexibility index (Phi) is 17.5. The zero-order valence-corrected chi connectivity index (χ0v) is 46.7. The highest BCUT2D eigenvalue weighted by atomic mass is 16.5. The number of aromatic hydroxyl groups is 4. The van der Waals surface area contributed by atoms with Gasteiger partial charge in [0, 0.05) is 64.7 Å². The maximum absolute atomic E-state index is 12.6. The predicted molar refractivity (Wildman–Crippen MR) is 313 cm³/mol. The van der Waals surface area contributed by atoms with Crippen LogP contribution in [0.5, 0.6) is 34.5 Å². The Balaban J connectivity index is 1.28. The smallest absolute Gasteiger partial charge is 0.126 e. The van der Waals surface area contributed by atoms with E-state index in [0.717, 1.165) is 77.9 Å². The lowest BCUT2D eigenvalue weighted by Crippen LogP contribution is -2.13. The number of rotatable bonds is 14. The van der Waals surface area contributed by atoms with E-state index in [1.807, 2.05) is 105 Å². The quantitative estimate of drug-likeness (QED) is 0.0840. The number of hydrogen-bond acceptors (Lipinski definition) is 10. The minimum absolute atomic E-state index is 0.175. The molecule has 0 saturated carbocycles. The molecule has 4 N–H and O–H groups in total. The van der Waals surface area contributed by atoms with Gasteiger partial charge in [0.1, 0.15) is 47.7 Å². The van der Waals surface area contributed by atoms with Crippen molar-refractivity contribution < 1.29 is 29.9 Å². The Labute approximate surface area is 462 Å². The molecule has 1 aliphatic rings. The van der Waals surface area contributed by atoms with Gasteiger partial charge in [-0.1, -0.05) is 146 Å². The molecule has 0 spiro atoms. The van der Waals surface area contributed by atoms with Crippen molar-refractivity contribution in [2.75, 3.05) is 56.4 Å². The monoisotopic (exact) mass is 1040 g/mol. The van der Waals surface area contributed by atoms with Crippen LogP contribution in [0.3, 0.4) is 0 Å². The van der Waals surface area contributed by atoms with Crippen LogP contribution in [-0.4, -0.2) is 96.4 Å². The Morgan fingerprint density at radius 2 is 0.500 bits per heavy atom. The van der Waals surface area contributed by atoms with Crippen molar-refractivity contribution in [2.45, 2.75) is 77.9 Å². The summed E-state index contributed by atoms with van der Waals surface area (Å²) in [6.07, 6.45) is 2.01.